The molecule has 76 valence electrons. The molecule has 0 aromatic heterocycles. The lowest BCUT2D eigenvalue weighted by Gasteiger charge is -2.32. The SMILES string of the molecule is N[C@H](c1cccc(Br)c1Cl)C1CCC1. The molecule has 1 nitrogen and oxygen atoms in total. The maximum absolute atomic E-state index is 6.19. The first-order valence-electron chi connectivity index (χ1n) is 4.89. The summed E-state index contributed by atoms with van der Waals surface area (Å²) in [6, 6.07) is 6.06. The van der Waals surface area contributed by atoms with E-state index in [4.69, 9.17) is 17.3 Å². The van der Waals surface area contributed by atoms with Gasteiger partial charge in [0.15, 0.2) is 0 Å². The van der Waals surface area contributed by atoms with Crippen molar-refractivity contribution >= 4 is 27.5 Å². The third-order valence-corrected chi connectivity index (χ3v) is 4.31. The van der Waals surface area contributed by atoms with Crippen molar-refractivity contribution in [2.75, 3.05) is 0 Å². The second kappa shape index (κ2) is 4.21. The van der Waals surface area contributed by atoms with Crippen molar-refractivity contribution < 1.29 is 0 Å². The molecule has 1 aliphatic rings. The minimum atomic E-state index is 0.105. The van der Waals surface area contributed by atoms with Crippen LogP contribution in [-0.4, -0.2) is 0 Å². The van der Waals surface area contributed by atoms with Gasteiger partial charge in [0.2, 0.25) is 0 Å². The lowest BCUT2D eigenvalue weighted by molar-refractivity contribution is 0.264. The normalized spacial score (nSPS) is 19.1. The number of rotatable bonds is 2. The van der Waals surface area contributed by atoms with Crippen LogP contribution in [0.1, 0.15) is 30.9 Å². The third-order valence-electron chi connectivity index (χ3n) is 3.00. The van der Waals surface area contributed by atoms with Gasteiger partial charge in [0.1, 0.15) is 0 Å². The Hall–Kier alpha value is -0.0500. The molecule has 1 aromatic rings. The van der Waals surface area contributed by atoms with Crippen LogP contribution in [0.4, 0.5) is 0 Å². The molecule has 1 fully saturated rings. The zero-order valence-electron chi connectivity index (χ0n) is 7.84. The Morgan fingerprint density at radius 2 is 2.14 bits per heavy atom. The van der Waals surface area contributed by atoms with Crippen LogP contribution < -0.4 is 5.73 Å². The van der Waals surface area contributed by atoms with Crippen LogP contribution in [0.3, 0.4) is 0 Å². The minimum Gasteiger partial charge on any atom is -0.324 e. The number of benzene rings is 1. The van der Waals surface area contributed by atoms with E-state index in [1.54, 1.807) is 0 Å². The van der Waals surface area contributed by atoms with E-state index >= 15 is 0 Å². The van der Waals surface area contributed by atoms with Crippen LogP contribution in [0.25, 0.3) is 0 Å². The molecule has 2 N–H and O–H groups in total. The topological polar surface area (TPSA) is 26.0 Å². The lowest BCUT2D eigenvalue weighted by Crippen LogP contribution is -2.27. The van der Waals surface area contributed by atoms with E-state index < -0.39 is 0 Å². The van der Waals surface area contributed by atoms with E-state index in [1.807, 2.05) is 18.2 Å². The standard InChI is InChI=1S/C11H13BrClN/c12-9-6-2-5-8(10(9)13)11(14)7-3-1-4-7/h2,5-7,11H,1,3-4,14H2/t11-/m0/s1. The third kappa shape index (κ3) is 1.83. The smallest absolute Gasteiger partial charge is 0.0595 e. The summed E-state index contributed by atoms with van der Waals surface area (Å²) in [5, 5.41) is 0.770. The van der Waals surface area contributed by atoms with Gasteiger partial charge in [0.25, 0.3) is 0 Å². The van der Waals surface area contributed by atoms with Crippen LogP contribution in [0, 0.1) is 5.92 Å². The van der Waals surface area contributed by atoms with Crippen LogP contribution in [-0.2, 0) is 0 Å². The highest BCUT2D eigenvalue weighted by Gasteiger charge is 2.27. The minimum absolute atomic E-state index is 0.105. The van der Waals surface area contributed by atoms with Gasteiger partial charge < -0.3 is 5.73 Å². The van der Waals surface area contributed by atoms with Crippen molar-refractivity contribution in [3.05, 3.63) is 33.3 Å². The number of hydrogen-bond donors (Lipinski definition) is 1. The van der Waals surface area contributed by atoms with Gasteiger partial charge >= 0.3 is 0 Å². The second-order valence-corrected chi connectivity index (χ2v) is 5.09. The van der Waals surface area contributed by atoms with Gasteiger partial charge in [0, 0.05) is 10.5 Å². The molecule has 1 aliphatic carbocycles. The molecule has 1 saturated carbocycles. The van der Waals surface area contributed by atoms with Crippen LogP contribution in [0.2, 0.25) is 5.02 Å². The largest absolute Gasteiger partial charge is 0.324 e. The van der Waals surface area contributed by atoms with Gasteiger partial charge in [-0.1, -0.05) is 30.2 Å². The van der Waals surface area contributed by atoms with Crippen molar-refractivity contribution in [3.8, 4) is 0 Å². The van der Waals surface area contributed by atoms with E-state index in [1.165, 1.54) is 19.3 Å². The quantitative estimate of drug-likeness (QED) is 0.869. The summed E-state index contributed by atoms with van der Waals surface area (Å²) in [6.07, 6.45) is 3.79. The summed E-state index contributed by atoms with van der Waals surface area (Å²) in [4.78, 5) is 0. The van der Waals surface area contributed by atoms with Gasteiger partial charge in [0.05, 0.1) is 5.02 Å². The fourth-order valence-electron chi connectivity index (χ4n) is 1.83. The molecule has 1 atom stereocenters. The molecule has 0 saturated heterocycles. The molecule has 0 spiro atoms. The summed E-state index contributed by atoms with van der Waals surface area (Å²) in [7, 11) is 0. The first kappa shape index (κ1) is 10.5. The van der Waals surface area contributed by atoms with E-state index in [-0.39, 0.29) is 6.04 Å². The van der Waals surface area contributed by atoms with Crippen LogP contribution in [0.5, 0.6) is 0 Å². The summed E-state index contributed by atoms with van der Waals surface area (Å²) in [5.41, 5.74) is 7.24. The Kier molecular flexibility index (Phi) is 3.15. The van der Waals surface area contributed by atoms with Gasteiger partial charge in [-0.2, -0.15) is 0 Å². The summed E-state index contributed by atoms with van der Waals surface area (Å²) >= 11 is 9.60. The summed E-state index contributed by atoms with van der Waals surface area (Å²) in [5.74, 6) is 0.627. The van der Waals surface area contributed by atoms with Crippen LogP contribution in [0.15, 0.2) is 22.7 Å². The molecular weight excluding hydrogens is 261 g/mol. The van der Waals surface area contributed by atoms with E-state index in [9.17, 15) is 0 Å². The van der Waals surface area contributed by atoms with E-state index in [0.29, 0.717) is 5.92 Å². The second-order valence-electron chi connectivity index (χ2n) is 3.86. The highest BCUT2D eigenvalue weighted by molar-refractivity contribution is 9.10. The van der Waals surface area contributed by atoms with Gasteiger partial charge in [-0.05, 0) is 46.3 Å². The zero-order valence-corrected chi connectivity index (χ0v) is 10.2. The van der Waals surface area contributed by atoms with Crippen molar-refractivity contribution in [2.24, 2.45) is 11.7 Å². The summed E-state index contributed by atoms with van der Waals surface area (Å²) < 4.78 is 0.937. The Balaban J connectivity index is 2.26. The Labute approximate surface area is 97.8 Å². The Bertz CT molecular complexity index is 336. The maximum Gasteiger partial charge on any atom is 0.0595 e. The average Bonchev–Trinajstić information content (AvgIpc) is 2.06. The van der Waals surface area contributed by atoms with Crippen molar-refractivity contribution in [1.29, 1.82) is 0 Å². The van der Waals surface area contributed by atoms with Gasteiger partial charge in [-0.25, -0.2) is 0 Å². The molecule has 0 amide bonds. The van der Waals surface area contributed by atoms with Crippen molar-refractivity contribution in [2.45, 2.75) is 25.3 Å². The maximum atomic E-state index is 6.19. The monoisotopic (exact) mass is 273 g/mol. The lowest BCUT2D eigenvalue weighted by atomic mass is 9.77. The highest BCUT2D eigenvalue weighted by atomic mass is 79.9. The zero-order chi connectivity index (χ0) is 10.1. The molecule has 14 heavy (non-hydrogen) atoms. The number of nitrogens with two attached hydrogens (primary N) is 1. The predicted octanol–water partition coefficient (Wildman–Crippen LogP) is 3.90. The van der Waals surface area contributed by atoms with Crippen molar-refractivity contribution in [3.63, 3.8) is 0 Å². The summed E-state index contributed by atoms with van der Waals surface area (Å²) in [6.45, 7) is 0. The molecule has 0 heterocycles. The fraction of sp³-hybridized carbons (Fsp3) is 0.455. The average molecular weight is 275 g/mol. The molecule has 0 bridgehead atoms. The molecule has 0 unspecified atom stereocenters. The Morgan fingerprint density at radius 3 is 2.71 bits per heavy atom. The molecular formula is C11H13BrClN. The van der Waals surface area contributed by atoms with E-state index in [2.05, 4.69) is 15.9 Å². The van der Waals surface area contributed by atoms with Gasteiger partial charge in [-0.3, -0.25) is 0 Å². The van der Waals surface area contributed by atoms with Crippen LogP contribution >= 0.6 is 27.5 Å². The Morgan fingerprint density at radius 1 is 1.43 bits per heavy atom. The first-order valence-corrected chi connectivity index (χ1v) is 6.06. The number of hydrogen-bond acceptors (Lipinski definition) is 1. The van der Waals surface area contributed by atoms with Crippen molar-refractivity contribution in [1.82, 2.24) is 0 Å². The number of halogens is 2. The predicted molar refractivity (Wildman–Crippen MR) is 63.4 cm³/mol. The fourth-order valence-corrected chi connectivity index (χ4v) is 2.46. The molecule has 1 aromatic carbocycles. The molecule has 0 aliphatic heterocycles. The molecule has 3 heteroatoms. The van der Waals surface area contributed by atoms with Gasteiger partial charge in [-0.15, -0.1) is 0 Å². The molecule has 0 radical (unpaired) electrons. The highest BCUT2D eigenvalue weighted by Crippen LogP contribution is 2.39. The molecule has 2 rings (SSSR count). The van der Waals surface area contributed by atoms with E-state index in [0.717, 1.165) is 15.1 Å². The first-order chi connectivity index (χ1) is 6.70.